The Hall–Kier alpha value is -0.960. The van der Waals surface area contributed by atoms with E-state index in [4.69, 9.17) is 5.11 Å². The van der Waals surface area contributed by atoms with Crippen molar-refractivity contribution in [3.05, 3.63) is 30.3 Å². The number of rotatable bonds is 4. The quantitative estimate of drug-likeness (QED) is 0.752. The Morgan fingerprint density at radius 1 is 1.46 bits per heavy atom. The standard InChI is InChI=1S/C10H12O2S/c1-2-9(10(11)12)13-8-6-4-3-5-7-8/h3-7,9H,2H2,1H3,(H,11,12)/t9-/m1/s1. The Morgan fingerprint density at radius 2 is 2.08 bits per heavy atom. The van der Waals surface area contributed by atoms with Gasteiger partial charge in [-0.1, -0.05) is 25.1 Å². The molecular formula is C10H12O2S. The Balaban J connectivity index is 2.62. The van der Waals surface area contributed by atoms with E-state index in [0.717, 1.165) is 4.90 Å². The van der Waals surface area contributed by atoms with Crippen LogP contribution in [-0.2, 0) is 4.79 Å². The summed E-state index contributed by atoms with van der Waals surface area (Å²) in [6, 6.07) is 9.60. The molecule has 1 rings (SSSR count). The lowest BCUT2D eigenvalue weighted by molar-refractivity contribution is -0.136. The SMILES string of the molecule is CC[C@@H](Sc1ccccc1)C(=O)O. The number of hydrogen-bond acceptors (Lipinski definition) is 2. The molecule has 0 saturated heterocycles. The largest absolute Gasteiger partial charge is 0.480 e. The highest BCUT2D eigenvalue weighted by Crippen LogP contribution is 2.24. The molecule has 13 heavy (non-hydrogen) atoms. The molecule has 2 nitrogen and oxygen atoms in total. The van der Waals surface area contributed by atoms with Gasteiger partial charge in [-0.15, -0.1) is 11.8 Å². The van der Waals surface area contributed by atoms with Crippen LogP contribution in [0.4, 0.5) is 0 Å². The zero-order valence-electron chi connectivity index (χ0n) is 7.43. The normalized spacial score (nSPS) is 12.4. The van der Waals surface area contributed by atoms with Crippen molar-refractivity contribution >= 4 is 17.7 Å². The smallest absolute Gasteiger partial charge is 0.316 e. The summed E-state index contributed by atoms with van der Waals surface area (Å²) in [4.78, 5) is 11.7. The Bertz CT molecular complexity index is 272. The third kappa shape index (κ3) is 3.11. The average molecular weight is 196 g/mol. The van der Waals surface area contributed by atoms with Crippen LogP contribution < -0.4 is 0 Å². The third-order valence-corrected chi connectivity index (χ3v) is 3.03. The lowest BCUT2D eigenvalue weighted by atomic mass is 10.3. The van der Waals surface area contributed by atoms with E-state index in [2.05, 4.69) is 0 Å². The fraction of sp³-hybridized carbons (Fsp3) is 0.300. The minimum Gasteiger partial charge on any atom is -0.480 e. The van der Waals surface area contributed by atoms with Gasteiger partial charge in [0.2, 0.25) is 0 Å². The monoisotopic (exact) mass is 196 g/mol. The first kappa shape index (κ1) is 10.1. The van der Waals surface area contributed by atoms with E-state index in [-0.39, 0.29) is 5.25 Å². The first-order valence-corrected chi connectivity index (χ1v) is 5.06. The molecule has 0 bridgehead atoms. The lowest BCUT2D eigenvalue weighted by Gasteiger charge is -2.08. The van der Waals surface area contributed by atoms with Crippen molar-refractivity contribution in [2.75, 3.05) is 0 Å². The number of carboxylic acids is 1. The van der Waals surface area contributed by atoms with Gasteiger partial charge in [0.1, 0.15) is 5.25 Å². The fourth-order valence-corrected chi connectivity index (χ4v) is 1.88. The molecule has 0 amide bonds. The zero-order chi connectivity index (χ0) is 9.68. The van der Waals surface area contributed by atoms with Crippen molar-refractivity contribution in [2.45, 2.75) is 23.5 Å². The van der Waals surface area contributed by atoms with Gasteiger partial charge in [-0.25, -0.2) is 0 Å². The van der Waals surface area contributed by atoms with Crippen LogP contribution in [0.5, 0.6) is 0 Å². The van der Waals surface area contributed by atoms with Gasteiger partial charge in [0, 0.05) is 4.90 Å². The summed E-state index contributed by atoms with van der Waals surface area (Å²) in [6.07, 6.45) is 0.648. The van der Waals surface area contributed by atoms with Crippen LogP contribution in [0.2, 0.25) is 0 Å². The van der Waals surface area contributed by atoms with Gasteiger partial charge < -0.3 is 5.11 Å². The molecule has 1 aromatic rings. The number of aliphatic carboxylic acids is 1. The number of benzene rings is 1. The van der Waals surface area contributed by atoms with Gasteiger partial charge in [-0.2, -0.15) is 0 Å². The summed E-state index contributed by atoms with van der Waals surface area (Å²) in [6.45, 7) is 1.88. The first-order chi connectivity index (χ1) is 6.24. The van der Waals surface area contributed by atoms with Crippen LogP contribution in [0.3, 0.4) is 0 Å². The molecule has 0 aliphatic heterocycles. The summed E-state index contributed by atoms with van der Waals surface area (Å²) in [5.74, 6) is -0.739. The van der Waals surface area contributed by atoms with Crippen molar-refractivity contribution < 1.29 is 9.90 Å². The zero-order valence-corrected chi connectivity index (χ0v) is 8.25. The average Bonchev–Trinajstić information content (AvgIpc) is 2.15. The predicted molar refractivity (Wildman–Crippen MR) is 54.0 cm³/mol. The maximum absolute atomic E-state index is 10.7. The molecule has 0 unspecified atom stereocenters. The van der Waals surface area contributed by atoms with Crippen LogP contribution in [0, 0.1) is 0 Å². The fourth-order valence-electron chi connectivity index (χ4n) is 0.972. The van der Waals surface area contributed by atoms with E-state index >= 15 is 0 Å². The van der Waals surface area contributed by atoms with E-state index in [0.29, 0.717) is 6.42 Å². The van der Waals surface area contributed by atoms with Crippen LogP contribution in [-0.4, -0.2) is 16.3 Å². The molecule has 1 aromatic carbocycles. The van der Waals surface area contributed by atoms with Gasteiger partial charge in [-0.05, 0) is 18.6 Å². The Morgan fingerprint density at radius 3 is 2.54 bits per heavy atom. The summed E-state index contributed by atoms with van der Waals surface area (Å²) >= 11 is 1.40. The third-order valence-electron chi connectivity index (χ3n) is 1.67. The van der Waals surface area contributed by atoms with Gasteiger partial charge in [0.25, 0.3) is 0 Å². The van der Waals surface area contributed by atoms with E-state index in [1.807, 2.05) is 37.3 Å². The van der Waals surface area contributed by atoms with Crippen LogP contribution in [0.1, 0.15) is 13.3 Å². The minimum atomic E-state index is -0.739. The first-order valence-electron chi connectivity index (χ1n) is 4.18. The second kappa shape index (κ2) is 4.92. The van der Waals surface area contributed by atoms with Crippen molar-refractivity contribution in [1.82, 2.24) is 0 Å². The van der Waals surface area contributed by atoms with Crippen LogP contribution in [0.15, 0.2) is 35.2 Å². The maximum Gasteiger partial charge on any atom is 0.316 e. The number of carbonyl (C=O) groups is 1. The second-order valence-electron chi connectivity index (χ2n) is 2.67. The molecule has 0 aliphatic rings. The lowest BCUT2D eigenvalue weighted by Crippen LogP contribution is -2.14. The van der Waals surface area contributed by atoms with E-state index in [9.17, 15) is 4.79 Å². The Kier molecular flexibility index (Phi) is 3.83. The van der Waals surface area contributed by atoms with E-state index < -0.39 is 5.97 Å². The summed E-state index contributed by atoms with van der Waals surface area (Å²) in [5.41, 5.74) is 0. The topological polar surface area (TPSA) is 37.3 Å². The van der Waals surface area contributed by atoms with Crippen molar-refractivity contribution in [3.8, 4) is 0 Å². The van der Waals surface area contributed by atoms with Crippen molar-refractivity contribution in [3.63, 3.8) is 0 Å². The summed E-state index contributed by atoms with van der Waals surface area (Å²) in [5, 5.41) is 8.48. The molecule has 0 saturated carbocycles. The predicted octanol–water partition coefficient (Wildman–Crippen LogP) is 2.64. The molecule has 0 aromatic heterocycles. The molecule has 3 heteroatoms. The molecule has 1 N–H and O–H groups in total. The van der Waals surface area contributed by atoms with Gasteiger partial charge in [0.15, 0.2) is 0 Å². The molecular weight excluding hydrogens is 184 g/mol. The van der Waals surface area contributed by atoms with E-state index in [1.165, 1.54) is 11.8 Å². The van der Waals surface area contributed by atoms with Gasteiger partial charge in [0.05, 0.1) is 0 Å². The highest BCUT2D eigenvalue weighted by atomic mass is 32.2. The van der Waals surface area contributed by atoms with Crippen LogP contribution in [0.25, 0.3) is 0 Å². The van der Waals surface area contributed by atoms with E-state index in [1.54, 1.807) is 0 Å². The maximum atomic E-state index is 10.7. The summed E-state index contributed by atoms with van der Waals surface area (Å²) in [7, 11) is 0. The van der Waals surface area contributed by atoms with Gasteiger partial charge >= 0.3 is 5.97 Å². The Labute approximate surface area is 82.0 Å². The van der Waals surface area contributed by atoms with Gasteiger partial charge in [-0.3, -0.25) is 4.79 Å². The highest BCUT2D eigenvalue weighted by molar-refractivity contribution is 8.00. The molecule has 0 heterocycles. The second-order valence-corrected chi connectivity index (χ2v) is 3.94. The molecule has 1 atom stereocenters. The molecule has 0 spiro atoms. The molecule has 0 radical (unpaired) electrons. The summed E-state index contributed by atoms with van der Waals surface area (Å²) < 4.78 is 0. The van der Waals surface area contributed by atoms with Crippen molar-refractivity contribution in [1.29, 1.82) is 0 Å². The van der Waals surface area contributed by atoms with Crippen molar-refractivity contribution in [2.24, 2.45) is 0 Å². The number of hydrogen-bond donors (Lipinski definition) is 1. The minimum absolute atomic E-state index is 0.331. The van der Waals surface area contributed by atoms with Crippen LogP contribution >= 0.6 is 11.8 Å². The molecule has 70 valence electrons. The molecule has 0 aliphatic carbocycles. The number of carboxylic acid groups (broad SMARTS) is 1. The number of thioether (sulfide) groups is 1. The molecule has 0 fully saturated rings. The highest BCUT2D eigenvalue weighted by Gasteiger charge is 2.15.